The number of benzene rings is 2. The normalized spacial score (nSPS) is 18.2. The van der Waals surface area contributed by atoms with Gasteiger partial charge in [-0.15, -0.1) is 0 Å². The first kappa shape index (κ1) is 20.0. The number of nitriles is 1. The zero-order valence-electron chi connectivity index (χ0n) is 16.4. The van der Waals surface area contributed by atoms with Crippen LogP contribution in [-0.4, -0.2) is 34.8 Å². The van der Waals surface area contributed by atoms with Crippen LogP contribution in [0.25, 0.3) is 0 Å². The second-order valence-electron chi connectivity index (χ2n) is 7.76. The van der Waals surface area contributed by atoms with E-state index in [9.17, 15) is 9.18 Å². The maximum Gasteiger partial charge on any atom is 0.224 e. The summed E-state index contributed by atoms with van der Waals surface area (Å²) in [5.41, 5.74) is 2.68. The molecular weight excluding hydrogens is 353 g/mol. The maximum atomic E-state index is 13.2. The summed E-state index contributed by atoms with van der Waals surface area (Å²) in [6, 6.07) is 16.3. The molecule has 0 aliphatic carbocycles. The minimum atomic E-state index is -0.267. The number of carbonyl (C=O) groups is 1. The van der Waals surface area contributed by atoms with E-state index in [2.05, 4.69) is 24.8 Å². The molecule has 3 rings (SSSR count). The molecule has 28 heavy (non-hydrogen) atoms. The summed E-state index contributed by atoms with van der Waals surface area (Å²) < 4.78 is 13.2. The largest absolute Gasteiger partial charge is 0.334 e. The lowest BCUT2D eigenvalue weighted by molar-refractivity contribution is -0.134. The molecule has 2 aromatic rings. The number of halogens is 1. The van der Waals surface area contributed by atoms with Crippen LogP contribution in [0.1, 0.15) is 37.0 Å². The molecule has 1 amide bonds. The van der Waals surface area contributed by atoms with Gasteiger partial charge in [0.15, 0.2) is 0 Å². The van der Waals surface area contributed by atoms with Crippen molar-refractivity contribution in [1.82, 2.24) is 9.80 Å². The van der Waals surface area contributed by atoms with E-state index in [1.807, 2.05) is 23.1 Å². The zero-order valence-corrected chi connectivity index (χ0v) is 16.4. The molecule has 1 aliphatic heterocycles. The van der Waals surface area contributed by atoms with Crippen molar-refractivity contribution in [2.45, 2.75) is 39.4 Å². The van der Waals surface area contributed by atoms with Gasteiger partial charge in [-0.25, -0.2) is 4.39 Å². The molecule has 1 atom stereocenters. The van der Waals surface area contributed by atoms with Crippen LogP contribution in [0, 0.1) is 23.1 Å². The quantitative estimate of drug-likeness (QED) is 0.790. The number of carbonyl (C=O) groups excluding carboxylic acids is 1. The fourth-order valence-corrected chi connectivity index (χ4v) is 3.74. The van der Waals surface area contributed by atoms with Gasteiger partial charge < -0.3 is 4.90 Å². The number of hydrogen-bond acceptors (Lipinski definition) is 3. The third-order valence-electron chi connectivity index (χ3n) is 5.31. The molecule has 0 saturated carbocycles. The second-order valence-corrected chi connectivity index (χ2v) is 7.76. The van der Waals surface area contributed by atoms with Gasteiger partial charge in [-0.3, -0.25) is 9.69 Å². The van der Waals surface area contributed by atoms with Crippen LogP contribution in [0.15, 0.2) is 48.5 Å². The highest BCUT2D eigenvalue weighted by molar-refractivity contribution is 5.77. The monoisotopic (exact) mass is 379 g/mol. The molecule has 5 heteroatoms. The molecule has 0 aromatic heterocycles. The highest BCUT2D eigenvalue weighted by atomic mass is 19.1. The van der Waals surface area contributed by atoms with Gasteiger partial charge in [-0.2, -0.15) is 5.26 Å². The molecule has 1 aliphatic rings. The van der Waals surface area contributed by atoms with Crippen LogP contribution in [0.3, 0.4) is 0 Å². The van der Waals surface area contributed by atoms with Crippen LogP contribution in [0.2, 0.25) is 0 Å². The van der Waals surface area contributed by atoms with Crippen LogP contribution < -0.4 is 0 Å². The van der Waals surface area contributed by atoms with E-state index < -0.39 is 0 Å². The lowest BCUT2D eigenvalue weighted by Crippen LogP contribution is -2.45. The lowest BCUT2D eigenvalue weighted by Gasteiger charge is -2.35. The minimum absolute atomic E-state index is 0.0826. The SMILES string of the molecule is CC(C)C1CN(Cc2cccc(C#N)c2)CCC(=O)N1Cc1ccc(F)cc1. The Hall–Kier alpha value is -2.71. The Balaban J connectivity index is 1.77. The van der Waals surface area contributed by atoms with Crippen molar-refractivity contribution in [1.29, 1.82) is 5.26 Å². The van der Waals surface area contributed by atoms with Gasteiger partial charge in [0, 0.05) is 38.6 Å². The molecule has 0 spiro atoms. The highest BCUT2D eigenvalue weighted by Gasteiger charge is 2.31. The van der Waals surface area contributed by atoms with Gasteiger partial charge >= 0.3 is 0 Å². The Labute approximate surface area is 166 Å². The molecule has 1 saturated heterocycles. The Morgan fingerprint density at radius 1 is 1.14 bits per heavy atom. The molecule has 146 valence electrons. The predicted molar refractivity (Wildman–Crippen MR) is 107 cm³/mol. The maximum absolute atomic E-state index is 13.2. The smallest absolute Gasteiger partial charge is 0.224 e. The summed E-state index contributed by atoms with van der Waals surface area (Å²) in [4.78, 5) is 17.1. The van der Waals surface area contributed by atoms with E-state index in [-0.39, 0.29) is 17.8 Å². The summed E-state index contributed by atoms with van der Waals surface area (Å²) >= 11 is 0. The molecule has 4 nitrogen and oxygen atoms in total. The molecule has 1 unspecified atom stereocenters. The number of nitrogens with zero attached hydrogens (tertiary/aromatic N) is 3. The van der Waals surface area contributed by atoms with Crippen LogP contribution in [0.4, 0.5) is 4.39 Å². The van der Waals surface area contributed by atoms with E-state index in [4.69, 9.17) is 5.26 Å². The van der Waals surface area contributed by atoms with Crippen LogP contribution in [0.5, 0.6) is 0 Å². The zero-order chi connectivity index (χ0) is 20.1. The topological polar surface area (TPSA) is 47.3 Å². The van der Waals surface area contributed by atoms with Crippen molar-refractivity contribution in [3.8, 4) is 6.07 Å². The van der Waals surface area contributed by atoms with Gasteiger partial charge in [-0.05, 0) is 41.3 Å². The molecule has 0 bridgehead atoms. The van der Waals surface area contributed by atoms with E-state index in [1.54, 1.807) is 18.2 Å². The average Bonchev–Trinajstić information content (AvgIpc) is 2.84. The fourth-order valence-electron chi connectivity index (χ4n) is 3.74. The molecule has 1 heterocycles. The highest BCUT2D eigenvalue weighted by Crippen LogP contribution is 2.22. The fraction of sp³-hybridized carbons (Fsp3) is 0.391. The van der Waals surface area contributed by atoms with Crippen molar-refractivity contribution < 1.29 is 9.18 Å². The van der Waals surface area contributed by atoms with Gasteiger partial charge in [0.05, 0.1) is 11.6 Å². The third-order valence-corrected chi connectivity index (χ3v) is 5.31. The van der Waals surface area contributed by atoms with Crippen molar-refractivity contribution in [2.24, 2.45) is 5.92 Å². The molecule has 1 fully saturated rings. The lowest BCUT2D eigenvalue weighted by atomic mass is 10.0. The first-order chi connectivity index (χ1) is 13.5. The van der Waals surface area contributed by atoms with Gasteiger partial charge in [0.25, 0.3) is 0 Å². The van der Waals surface area contributed by atoms with Gasteiger partial charge in [0.1, 0.15) is 5.82 Å². The van der Waals surface area contributed by atoms with E-state index >= 15 is 0 Å². The van der Waals surface area contributed by atoms with Crippen molar-refractivity contribution in [3.05, 3.63) is 71.0 Å². The van der Waals surface area contributed by atoms with Crippen molar-refractivity contribution >= 4 is 5.91 Å². The number of amides is 1. The molecular formula is C23H26FN3O. The minimum Gasteiger partial charge on any atom is -0.334 e. The molecule has 2 aromatic carbocycles. The molecule has 0 N–H and O–H groups in total. The summed E-state index contributed by atoms with van der Waals surface area (Å²) in [7, 11) is 0. The Morgan fingerprint density at radius 3 is 2.57 bits per heavy atom. The standard InChI is InChI=1S/C23H26FN3O/c1-17(2)22-16-26(14-20-5-3-4-19(12-20)13-25)11-10-23(28)27(22)15-18-6-8-21(24)9-7-18/h3-9,12,17,22H,10-11,14-16H2,1-2H3. The summed E-state index contributed by atoms with van der Waals surface area (Å²) in [5, 5.41) is 9.12. The van der Waals surface area contributed by atoms with E-state index in [1.165, 1.54) is 12.1 Å². The van der Waals surface area contributed by atoms with Crippen LogP contribution >= 0.6 is 0 Å². The first-order valence-electron chi connectivity index (χ1n) is 9.71. The first-order valence-corrected chi connectivity index (χ1v) is 9.71. The van der Waals surface area contributed by atoms with E-state index in [0.717, 1.165) is 24.2 Å². The summed E-state index contributed by atoms with van der Waals surface area (Å²) in [5.74, 6) is 0.170. The Kier molecular flexibility index (Phi) is 6.43. The third kappa shape index (κ3) is 4.96. The molecule has 0 radical (unpaired) electrons. The van der Waals surface area contributed by atoms with E-state index in [0.29, 0.717) is 31.0 Å². The van der Waals surface area contributed by atoms with Gasteiger partial charge in [-0.1, -0.05) is 38.1 Å². The van der Waals surface area contributed by atoms with Crippen molar-refractivity contribution in [2.75, 3.05) is 13.1 Å². The Bertz CT molecular complexity index is 857. The second kappa shape index (κ2) is 8.99. The average molecular weight is 379 g/mol. The number of hydrogen-bond donors (Lipinski definition) is 0. The van der Waals surface area contributed by atoms with Gasteiger partial charge in [0.2, 0.25) is 5.91 Å². The number of rotatable bonds is 5. The predicted octanol–water partition coefficient (Wildman–Crippen LogP) is 3.96. The van der Waals surface area contributed by atoms with Crippen LogP contribution in [-0.2, 0) is 17.9 Å². The van der Waals surface area contributed by atoms with Crippen molar-refractivity contribution in [3.63, 3.8) is 0 Å². The summed E-state index contributed by atoms with van der Waals surface area (Å²) in [6.45, 7) is 6.96. The Morgan fingerprint density at radius 2 is 1.89 bits per heavy atom. The summed E-state index contributed by atoms with van der Waals surface area (Å²) in [6.07, 6.45) is 0.461.